The second-order valence-corrected chi connectivity index (χ2v) is 12.2. The van der Waals surface area contributed by atoms with Gasteiger partial charge in [-0.15, -0.1) is 0 Å². The fourth-order valence-corrected chi connectivity index (χ4v) is 5.35. The molecule has 0 aliphatic carbocycles. The largest absolute Gasteiger partial charge is 0.393 e. The standard InChI is InChI=1S/C34H71NO6/c1-8-13-14-15-16-17-18-19-20-21-22-23-24-33(38-25-9-2,40-31(11-4)27-29(6)36)34(35,39-26-10-3)41-32(12-5)28-30(7)37/h29-32,36-37H,8-28,35H2,1-7H3. The SMILES string of the molecule is CCCCCCCCCCCCCCC(OCCC)(OC(CC)CC(C)O)C(N)(OCCC)OC(CC)CC(C)O. The van der Waals surface area contributed by atoms with Crippen LogP contribution in [0.5, 0.6) is 0 Å². The number of aliphatic hydroxyl groups excluding tert-OH is 2. The first-order valence-corrected chi connectivity index (χ1v) is 17.4. The lowest BCUT2D eigenvalue weighted by Gasteiger charge is -2.49. The maximum absolute atomic E-state index is 10.2. The van der Waals surface area contributed by atoms with Crippen molar-refractivity contribution in [3.63, 3.8) is 0 Å². The summed E-state index contributed by atoms with van der Waals surface area (Å²) in [5.41, 5.74) is 7.09. The second kappa shape index (κ2) is 25.1. The van der Waals surface area contributed by atoms with Gasteiger partial charge in [0.15, 0.2) is 0 Å². The van der Waals surface area contributed by atoms with E-state index in [9.17, 15) is 10.2 Å². The summed E-state index contributed by atoms with van der Waals surface area (Å²) in [6.07, 6.45) is 17.8. The minimum atomic E-state index is -1.66. The van der Waals surface area contributed by atoms with E-state index < -0.39 is 23.9 Å². The Morgan fingerprint density at radius 3 is 1.39 bits per heavy atom. The van der Waals surface area contributed by atoms with Crippen molar-refractivity contribution in [2.75, 3.05) is 13.2 Å². The third-order valence-electron chi connectivity index (χ3n) is 7.77. The van der Waals surface area contributed by atoms with Gasteiger partial charge in [-0.05, 0) is 58.8 Å². The molecule has 0 aliphatic heterocycles. The zero-order chi connectivity index (χ0) is 31.0. The highest BCUT2D eigenvalue weighted by molar-refractivity contribution is 4.89. The van der Waals surface area contributed by atoms with E-state index in [2.05, 4.69) is 20.8 Å². The molecule has 41 heavy (non-hydrogen) atoms. The lowest BCUT2D eigenvalue weighted by Crippen LogP contribution is -2.68. The van der Waals surface area contributed by atoms with Crippen LogP contribution in [0.25, 0.3) is 0 Å². The number of aliphatic hydroxyl groups is 2. The van der Waals surface area contributed by atoms with Gasteiger partial charge in [0.25, 0.3) is 5.91 Å². The summed E-state index contributed by atoms with van der Waals surface area (Å²) in [4.78, 5) is 0. The van der Waals surface area contributed by atoms with E-state index in [1.807, 2.05) is 13.8 Å². The molecule has 248 valence electrons. The second-order valence-electron chi connectivity index (χ2n) is 12.2. The molecule has 0 aromatic rings. The zero-order valence-electron chi connectivity index (χ0n) is 28.3. The summed E-state index contributed by atoms with van der Waals surface area (Å²) < 4.78 is 26.2. The van der Waals surface area contributed by atoms with Crippen LogP contribution in [0.4, 0.5) is 0 Å². The maximum atomic E-state index is 10.2. The Hall–Kier alpha value is -0.280. The first-order chi connectivity index (χ1) is 19.6. The van der Waals surface area contributed by atoms with Crippen molar-refractivity contribution >= 4 is 0 Å². The molecule has 4 N–H and O–H groups in total. The molecular weight excluding hydrogens is 518 g/mol. The lowest BCUT2D eigenvalue weighted by molar-refractivity contribution is -0.429. The van der Waals surface area contributed by atoms with Crippen molar-refractivity contribution in [1.29, 1.82) is 0 Å². The highest BCUT2D eigenvalue weighted by atomic mass is 16.8. The van der Waals surface area contributed by atoms with Gasteiger partial charge in [-0.2, -0.15) is 0 Å². The van der Waals surface area contributed by atoms with Crippen molar-refractivity contribution in [3.05, 3.63) is 0 Å². The monoisotopic (exact) mass is 590 g/mol. The zero-order valence-corrected chi connectivity index (χ0v) is 28.3. The van der Waals surface area contributed by atoms with E-state index in [1.165, 1.54) is 64.2 Å². The van der Waals surface area contributed by atoms with E-state index in [0.717, 1.165) is 25.7 Å². The van der Waals surface area contributed by atoms with Crippen LogP contribution in [0.2, 0.25) is 0 Å². The molecule has 0 radical (unpaired) electrons. The third-order valence-corrected chi connectivity index (χ3v) is 7.77. The minimum Gasteiger partial charge on any atom is -0.393 e. The van der Waals surface area contributed by atoms with Gasteiger partial charge in [-0.1, -0.05) is 105 Å². The highest BCUT2D eigenvalue weighted by Gasteiger charge is 2.56. The van der Waals surface area contributed by atoms with Crippen molar-refractivity contribution < 1.29 is 29.2 Å². The molecule has 0 aromatic carbocycles. The number of hydrogen-bond donors (Lipinski definition) is 3. The van der Waals surface area contributed by atoms with Gasteiger partial charge < -0.3 is 29.2 Å². The van der Waals surface area contributed by atoms with Gasteiger partial charge in [-0.25, -0.2) is 0 Å². The molecule has 0 heterocycles. The fraction of sp³-hybridized carbons (Fsp3) is 1.00. The topological polar surface area (TPSA) is 103 Å². The Kier molecular flexibility index (Phi) is 24.9. The van der Waals surface area contributed by atoms with E-state index in [4.69, 9.17) is 24.7 Å². The summed E-state index contributed by atoms with van der Waals surface area (Å²) in [5, 5.41) is 20.3. The van der Waals surface area contributed by atoms with Gasteiger partial charge in [0, 0.05) is 6.42 Å². The predicted molar refractivity (Wildman–Crippen MR) is 171 cm³/mol. The first-order valence-electron chi connectivity index (χ1n) is 17.4. The van der Waals surface area contributed by atoms with Crippen LogP contribution in [-0.2, 0) is 18.9 Å². The Bertz CT molecular complexity index is 577. The van der Waals surface area contributed by atoms with E-state index in [-0.39, 0.29) is 12.2 Å². The van der Waals surface area contributed by atoms with Crippen LogP contribution >= 0.6 is 0 Å². The van der Waals surface area contributed by atoms with Gasteiger partial charge in [0.05, 0.1) is 37.6 Å². The Morgan fingerprint density at radius 2 is 0.976 bits per heavy atom. The molecule has 0 rings (SSSR count). The molecule has 6 atom stereocenters. The summed E-state index contributed by atoms with van der Waals surface area (Å²) in [6.45, 7) is 14.8. The fourth-order valence-electron chi connectivity index (χ4n) is 5.35. The molecule has 6 unspecified atom stereocenters. The molecule has 7 heteroatoms. The average Bonchev–Trinajstić information content (AvgIpc) is 2.93. The molecule has 0 bridgehead atoms. The van der Waals surface area contributed by atoms with E-state index in [0.29, 0.717) is 45.3 Å². The molecule has 7 nitrogen and oxygen atoms in total. The number of ether oxygens (including phenoxy) is 4. The normalized spacial score (nSPS) is 18.0. The van der Waals surface area contributed by atoms with Gasteiger partial charge in [0.1, 0.15) is 0 Å². The Balaban J connectivity index is 5.69. The van der Waals surface area contributed by atoms with Gasteiger partial charge >= 0.3 is 0 Å². The smallest absolute Gasteiger partial charge is 0.282 e. The first kappa shape index (κ1) is 40.7. The highest BCUT2D eigenvalue weighted by Crippen LogP contribution is 2.38. The van der Waals surface area contributed by atoms with Crippen LogP contribution in [0, 0.1) is 0 Å². The molecule has 0 saturated heterocycles. The lowest BCUT2D eigenvalue weighted by atomic mass is 9.99. The van der Waals surface area contributed by atoms with E-state index >= 15 is 0 Å². The predicted octanol–water partition coefficient (Wildman–Crippen LogP) is 8.37. The van der Waals surface area contributed by atoms with Crippen LogP contribution < -0.4 is 5.73 Å². The molecular formula is C34H71NO6. The van der Waals surface area contributed by atoms with Crippen LogP contribution in [-0.4, -0.2) is 59.5 Å². The van der Waals surface area contributed by atoms with E-state index in [1.54, 1.807) is 13.8 Å². The van der Waals surface area contributed by atoms with Crippen molar-refractivity contribution in [2.45, 2.75) is 207 Å². The van der Waals surface area contributed by atoms with Gasteiger partial charge in [0.2, 0.25) is 5.79 Å². The van der Waals surface area contributed by atoms with Crippen LogP contribution in [0.3, 0.4) is 0 Å². The molecule has 0 fully saturated rings. The van der Waals surface area contributed by atoms with Crippen LogP contribution in [0.15, 0.2) is 0 Å². The van der Waals surface area contributed by atoms with Crippen LogP contribution in [0.1, 0.15) is 170 Å². The quantitative estimate of drug-likeness (QED) is 0.0571. The summed E-state index contributed by atoms with van der Waals surface area (Å²) in [5.74, 6) is -2.99. The number of nitrogens with two attached hydrogens (primary N) is 1. The van der Waals surface area contributed by atoms with Crippen molar-refractivity contribution in [1.82, 2.24) is 0 Å². The average molecular weight is 590 g/mol. The number of rotatable bonds is 30. The third kappa shape index (κ3) is 18.2. The number of hydrogen-bond acceptors (Lipinski definition) is 7. The molecule has 0 aromatic heterocycles. The molecule has 0 aliphatic rings. The molecule has 0 saturated carbocycles. The Labute approximate surface area is 254 Å². The minimum absolute atomic E-state index is 0.266. The van der Waals surface area contributed by atoms with Gasteiger partial charge in [-0.3, -0.25) is 5.73 Å². The van der Waals surface area contributed by atoms with Crippen molar-refractivity contribution in [3.8, 4) is 0 Å². The molecule has 0 amide bonds. The summed E-state index contributed by atoms with van der Waals surface area (Å²) >= 11 is 0. The summed E-state index contributed by atoms with van der Waals surface area (Å²) in [6, 6.07) is 0. The number of unbranched alkanes of at least 4 members (excludes halogenated alkanes) is 11. The maximum Gasteiger partial charge on any atom is 0.282 e. The summed E-state index contributed by atoms with van der Waals surface area (Å²) in [7, 11) is 0. The Morgan fingerprint density at radius 1 is 0.561 bits per heavy atom. The van der Waals surface area contributed by atoms with Crippen molar-refractivity contribution in [2.24, 2.45) is 5.73 Å². The molecule has 0 spiro atoms.